The van der Waals surface area contributed by atoms with Crippen LogP contribution in [0.25, 0.3) is 0 Å². The van der Waals surface area contributed by atoms with Gasteiger partial charge in [-0.3, -0.25) is 9.79 Å². The van der Waals surface area contributed by atoms with Crippen LogP contribution in [0.4, 0.5) is 0 Å². The molecule has 1 saturated carbocycles. The van der Waals surface area contributed by atoms with Gasteiger partial charge in [0.2, 0.25) is 0 Å². The molecule has 0 bridgehead atoms. The van der Waals surface area contributed by atoms with Gasteiger partial charge in [-0.05, 0) is 25.7 Å². The maximum absolute atomic E-state index is 11.9. The third kappa shape index (κ3) is 6.26. The predicted octanol–water partition coefficient (Wildman–Crippen LogP) is 1.14. The monoisotopic (exact) mass is 487 g/mol. The third-order valence-electron chi connectivity index (χ3n) is 4.84. The van der Waals surface area contributed by atoms with Gasteiger partial charge in [0, 0.05) is 37.8 Å². The van der Waals surface area contributed by atoms with Crippen LogP contribution in [0, 0.1) is 17.3 Å². The second-order valence-corrected chi connectivity index (χ2v) is 9.39. The van der Waals surface area contributed by atoms with Gasteiger partial charge in [-0.25, -0.2) is 8.42 Å². The number of sulfone groups is 1. The van der Waals surface area contributed by atoms with Crippen LogP contribution < -0.4 is 5.32 Å². The average molecular weight is 487 g/mol. The third-order valence-corrected chi connectivity index (χ3v) is 5.98. The first-order valence-electron chi connectivity index (χ1n) is 8.48. The zero-order chi connectivity index (χ0) is 18.0. The first kappa shape index (κ1) is 22.5. The van der Waals surface area contributed by atoms with Crippen LogP contribution in [-0.2, 0) is 19.4 Å². The maximum atomic E-state index is 11.9. The molecule has 0 spiro atoms. The first-order valence-corrected chi connectivity index (χ1v) is 10.5. The lowest BCUT2D eigenvalue weighted by Gasteiger charge is -2.22. The van der Waals surface area contributed by atoms with Gasteiger partial charge in [-0.1, -0.05) is 6.92 Å². The van der Waals surface area contributed by atoms with E-state index in [9.17, 15) is 13.2 Å². The highest BCUT2D eigenvalue weighted by Crippen LogP contribution is 2.47. The Hall–Kier alpha value is -0.580. The smallest absolute Gasteiger partial charge is 0.310 e. The lowest BCUT2D eigenvalue weighted by atomic mass is 9.99. The second kappa shape index (κ2) is 8.88. The molecule has 1 aliphatic heterocycles. The number of methoxy groups -OCH3 is 1. The number of likely N-dealkylation sites (tertiary alicyclic amines) is 1. The molecule has 2 fully saturated rings. The molecule has 9 heteroatoms. The molecule has 2 aliphatic rings. The van der Waals surface area contributed by atoms with Gasteiger partial charge < -0.3 is 15.0 Å². The fourth-order valence-electron chi connectivity index (χ4n) is 3.35. The van der Waals surface area contributed by atoms with Crippen LogP contribution in [-0.4, -0.2) is 70.5 Å². The second-order valence-electron chi connectivity index (χ2n) is 7.25. The Morgan fingerprint density at radius 1 is 1.36 bits per heavy atom. The van der Waals surface area contributed by atoms with Crippen molar-refractivity contribution in [3.8, 4) is 0 Å². The lowest BCUT2D eigenvalue weighted by Crippen LogP contribution is -2.41. The molecule has 2 rings (SSSR count). The molecule has 0 aromatic carbocycles. The maximum Gasteiger partial charge on any atom is 0.310 e. The Labute approximate surface area is 167 Å². The van der Waals surface area contributed by atoms with E-state index in [0.29, 0.717) is 13.1 Å². The molecule has 1 heterocycles. The number of esters is 1. The average Bonchev–Trinajstić information content (AvgIpc) is 3.13. The quantitative estimate of drug-likeness (QED) is 0.262. The van der Waals surface area contributed by atoms with E-state index >= 15 is 0 Å². The molecule has 2 unspecified atom stereocenters. The Morgan fingerprint density at radius 2 is 2.00 bits per heavy atom. The molecule has 0 radical (unpaired) electrons. The molecule has 25 heavy (non-hydrogen) atoms. The molecule has 1 N–H and O–H groups in total. The standard InChI is InChI=1S/C16H29N3O4S.HI/c1-5-17-15(18-10-16(6-7-16)11-24(4,21)22)19-8-12(2)13(9-19)14(20)23-3;/h12-13H,5-11H2,1-4H3,(H,17,18);1H. The van der Waals surface area contributed by atoms with Crippen molar-refractivity contribution in [2.24, 2.45) is 22.2 Å². The van der Waals surface area contributed by atoms with E-state index in [1.54, 1.807) is 0 Å². The summed E-state index contributed by atoms with van der Waals surface area (Å²) in [5.41, 5.74) is -0.193. The molecule has 2 atom stereocenters. The van der Waals surface area contributed by atoms with E-state index < -0.39 is 9.84 Å². The summed E-state index contributed by atoms with van der Waals surface area (Å²) < 4.78 is 28.0. The number of guanidine groups is 1. The largest absolute Gasteiger partial charge is 0.469 e. The van der Waals surface area contributed by atoms with Crippen LogP contribution in [0.3, 0.4) is 0 Å². The molecular formula is C16H30IN3O4S. The summed E-state index contributed by atoms with van der Waals surface area (Å²) in [6.07, 6.45) is 3.10. The highest BCUT2D eigenvalue weighted by Gasteiger charge is 2.45. The number of ether oxygens (including phenoxy) is 1. The van der Waals surface area contributed by atoms with Crippen molar-refractivity contribution < 1.29 is 17.9 Å². The minimum absolute atomic E-state index is 0. The van der Waals surface area contributed by atoms with Gasteiger partial charge in [-0.2, -0.15) is 0 Å². The summed E-state index contributed by atoms with van der Waals surface area (Å²) in [5, 5.41) is 3.26. The van der Waals surface area contributed by atoms with Crippen molar-refractivity contribution in [3.63, 3.8) is 0 Å². The van der Waals surface area contributed by atoms with Gasteiger partial charge in [0.1, 0.15) is 9.84 Å². The minimum Gasteiger partial charge on any atom is -0.469 e. The van der Waals surface area contributed by atoms with Gasteiger partial charge in [0.15, 0.2) is 5.96 Å². The number of hydrogen-bond donors (Lipinski definition) is 1. The van der Waals surface area contributed by atoms with Crippen molar-refractivity contribution in [1.29, 1.82) is 0 Å². The van der Waals surface area contributed by atoms with Crippen molar-refractivity contribution in [1.82, 2.24) is 10.2 Å². The molecule has 1 aliphatic carbocycles. The summed E-state index contributed by atoms with van der Waals surface area (Å²) in [4.78, 5) is 18.6. The summed E-state index contributed by atoms with van der Waals surface area (Å²) >= 11 is 0. The van der Waals surface area contributed by atoms with Crippen molar-refractivity contribution in [2.45, 2.75) is 26.7 Å². The Balaban J connectivity index is 0.00000312. The lowest BCUT2D eigenvalue weighted by molar-refractivity contribution is -0.145. The topological polar surface area (TPSA) is 88.1 Å². The molecule has 0 amide bonds. The number of nitrogens with zero attached hydrogens (tertiary/aromatic N) is 2. The van der Waals surface area contributed by atoms with E-state index in [0.717, 1.165) is 31.9 Å². The van der Waals surface area contributed by atoms with Crippen molar-refractivity contribution in [2.75, 3.05) is 45.3 Å². The molecule has 146 valence electrons. The minimum atomic E-state index is -3.00. The van der Waals surface area contributed by atoms with E-state index in [1.165, 1.54) is 13.4 Å². The van der Waals surface area contributed by atoms with Crippen LogP contribution in [0.5, 0.6) is 0 Å². The summed E-state index contributed by atoms with van der Waals surface area (Å²) in [6.45, 7) is 6.60. The van der Waals surface area contributed by atoms with Gasteiger partial charge >= 0.3 is 5.97 Å². The Bertz CT molecular complexity index is 605. The fraction of sp³-hybridized carbons (Fsp3) is 0.875. The number of carbonyl (C=O) groups excluding carboxylic acids is 1. The number of halogens is 1. The van der Waals surface area contributed by atoms with Gasteiger partial charge in [-0.15, -0.1) is 24.0 Å². The number of aliphatic imine (C=N–C) groups is 1. The van der Waals surface area contributed by atoms with E-state index in [2.05, 4.69) is 15.2 Å². The molecule has 0 aromatic heterocycles. The van der Waals surface area contributed by atoms with Gasteiger partial charge in [0.05, 0.1) is 18.8 Å². The summed E-state index contributed by atoms with van der Waals surface area (Å²) in [6, 6.07) is 0. The van der Waals surface area contributed by atoms with Crippen molar-refractivity contribution >= 4 is 45.7 Å². The molecular weight excluding hydrogens is 457 g/mol. The molecule has 7 nitrogen and oxygen atoms in total. The normalized spacial score (nSPS) is 25.3. The summed E-state index contributed by atoms with van der Waals surface area (Å²) in [7, 11) is -1.58. The highest BCUT2D eigenvalue weighted by molar-refractivity contribution is 14.0. The van der Waals surface area contributed by atoms with E-state index in [-0.39, 0.29) is 52.9 Å². The SMILES string of the molecule is CCNC(=NCC1(CS(C)(=O)=O)CC1)N1CC(C)C(C(=O)OC)C1.I. The van der Waals surface area contributed by atoms with Crippen molar-refractivity contribution in [3.05, 3.63) is 0 Å². The Kier molecular flexibility index (Phi) is 7.97. The zero-order valence-electron chi connectivity index (χ0n) is 15.4. The summed E-state index contributed by atoms with van der Waals surface area (Å²) in [5.74, 6) is 0.827. The van der Waals surface area contributed by atoms with Crippen LogP contribution in [0.15, 0.2) is 4.99 Å². The zero-order valence-corrected chi connectivity index (χ0v) is 18.6. The number of nitrogens with one attached hydrogen (secondary N) is 1. The molecule has 0 aromatic rings. The fourth-order valence-corrected chi connectivity index (χ4v) is 4.84. The van der Waals surface area contributed by atoms with Crippen LogP contribution in [0.2, 0.25) is 0 Å². The Morgan fingerprint density at radius 3 is 2.48 bits per heavy atom. The number of rotatable bonds is 6. The first-order chi connectivity index (χ1) is 11.2. The molecule has 1 saturated heterocycles. The highest BCUT2D eigenvalue weighted by atomic mass is 127. The number of hydrogen-bond acceptors (Lipinski definition) is 5. The van der Waals surface area contributed by atoms with Crippen LogP contribution in [0.1, 0.15) is 26.7 Å². The number of carbonyl (C=O) groups is 1. The van der Waals surface area contributed by atoms with Gasteiger partial charge in [0.25, 0.3) is 0 Å². The predicted molar refractivity (Wildman–Crippen MR) is 109 cm³/mol. The van der Waals surface area contributed by atoms with E-state index in [1.807, 2.05) is 13.8 Å². The van der Waals surface area contributed by atoms with E-state index in [4.69, 9.17) is 4.74 Å². The van der Waals surface area contributed by atoms with Crippen LogP contribution >= 0.6 is 24.0 Å².